The van der Waals surface area contributed by atoms with Gasteiger partial charge < -0.3 is 35.2 Å². The molecule has 2 aliphatic rings. The minimum absolute atomic E-state index is 0.00108. The summed E-state index contributed by atoms with van der Waals surface area (Å²) in [6.45, 7) is 11.4. The highest BCUT2D eigenvalue weighted by Crippen LogP contribution is 2.40. The number of alkyl halides is 3. The molecule has 4 aromatic rings. The smallest absolute Gasteiger partial charge is 0.391 e. The summed E-state index contributed by atoms with van der Waals surface area (Å²) >= 11 is 7.21. The lowest BCUT2D eigenvalue weighted by atomic mass is 9.85. The molecule has 1 aromatic heterocycles. The number of likely N-dealkylation sites (tertiary alicyclic amines) is 1. The van der Waals surface area contributed by atoms with Crippen LogP contribution in [0.3, 0.4) is 0 Å². The Morgan fingerprint density at radius 1 is 1.00 bits per heavy atom. The molecular formula is C53H63F3N8O7S2. The van der Waals surface area contributed by atoms with Gasteiger partial charge in [0.15, 0.2) is 5.11 Å². The number of carbonyl (C=O) groups excluding carboxylic acids is 5. The SMILES string of the molecule is Cc1ncsc1-c1ccc(CNC(=O)[C@@H]2C[C@@H](O)CN2C(=O)[C@@H](NC(=O)COCCCCCN(C)C(=O)CCCc2ccc(N3C(=S)N(c4ccc(C#N)c(C(F)(F)F)c4)C(=O)C3(C)C)cc2)C(C)(C)C)cc1. The third-order valence-electron chi connectivity index (χ3n) is 13.1. The van der Waals surface area contributed by atoms with Crippen LogP contribution in [-0.2, 0) is 47.9 Å². The number of anilines is 2. The first kappa shape index (κ1) is 56.0. The molecule has 0 unspecified atom stereocenters. The summed E-state index contributed by atoms with van der Waals surface area (Å²) in [5, 5.41) is 25.5. The van der Waals surface area contributed by atoms with Crippen molar-refractivity contribution in [2.75, 3.05) is 43.2 Å². The molecule has 6 rings (SSSR count). The van der Waals surface area contributed by atoms with E-state index < -0.39 is 70.1 Å². The van der Waals surface area contributed by atoms with Gasteiger partial charge in [0.1, 0.15) is 24.2 Å². The van der Waals surface area contributed by atoms with Gasteiger partial charge in [-0.2, -0.15) is 18.4 Å². The minimum Gasteiger partial charge on any atom is -0.391 e. The molecule has 3 aromatic carbocycles. The van der Waals surface area contributed by atoms with Crippen molar-refractivity contribution in [2.45, 2.75) is 123 Å². The number of amides is 5. The number of carbonyl (C=O) groups is 5. The maximum Gasteiger partial charge on any atom is 0.417 e. The molecule has 15 nitrogen and oxygen atoms in total. The van der Waals surface area contributed by atoms with E-state index in [9.17, 15) is 47.5 Å². The number of nitrogens with one attached hydrogen (secondary N) is 2. The summed E-state index contributed by atoms with van der Waals surface area (Å²) in [4.78, 5) is 78.1. The van der Waals surface area contributed by atoms with Crippen LogP contribution in [0.1, 0.15) is 101 Å². The fourth-order valence-corrected chi connectivity index (χ4v) is 10.2. The molecule has 0 radical (unpaired) electrons. The number of β-amino-alcohol motifs (C(OH)–C–C–N with tert-alkyl or cyclic N) is 1. The molecule has 2 saturated heterocycles. The predicted molar refractivity (Wildman–Crippen MR) is 276 cm³/mol. The molecule has 73 heavy (non-hydrogen) atoms. The third-order valence-corrected chi connectivity index (χ3v) is 14.4. The van der Waals surface area contributed by atoms with Crippen molar-refractivity contribution in [3.63, 3.8) is 0 Å². The fraction of sp³-hybridized carbons (Fsp3) is 0.472. The second-order valence-electron chi connectivity index (χ2n) is 20.0. The van der Waals surface area contributed by atoms with E-state index in [1.54, 1.807) is 65.7 Å². The van der Waals surface area contributed by atoms with Crippen molar-refractivity contribution in [3.05, 3.63) is 100 Å². The van der Waals surface area contributed by atoms with Gasteiger partial charge in [-0.05, 0) is 118 Å². The van der Waals surface area contributed by atoms with Crippen LogP contribution in [0.25, 0.3) is 10.4 Å². The van der Waals surface area contributed by atoms with E-state index in [1.807, 2.05) is 64.1 Å². The van der Waals surface area contributed by atoms with Crippen molar-refractivity contribution >= 4 is 69.6 Å². The number of nitriles is 1. The second-order valence-corrected chi connectivity index (χ2v) is 21.3. The normalized spacial score (nSPS) is 17.2. The van der Waals surface area contributed by atoms with E-state index in [4.69, 9.17) is 17.0 Å². The topological polar surface area (TPSA) is 189 Å². The van der Waals surface area contributed by atoms with E-state index in [2.05, 4.69) is 15.6 Å². The Balaban J connectivity index is 0.881. The summed E-state index contributed by atoms with van der Waals surface area (Å²) in [7, 11) is 1.75. The average Bonchev–Trinajstić information content (AvgIpc) is 4.01. The number of thiazole rings is 1. The Kier molecular flexibility index (Phi) is 18.2. The van der Waals surface area contributed by atoms with Gasteiger partial charge in [-0.1, -0.05) is 57.2 Å². The molecule has 0 saturated carbocycles. The number of aromatic nitrogens is 1. The van der Waals surface area contributed by atoms with Crippen molar-refractivity contribution in [2.24, 2.45) is 5.41 Å². The predicted octanol–water partition coefficient (Wildman–Crippen LogP) is 7.70. The highest BCUT2D eigenvalue weighted by molar-refractivity contribution is 7.81. The number of nitrogens with zero attached hydrogens (tertiary/aromatic N) is 6. The van der Waals surface area contributed by atoms with Crippen LogP contribution in [0, 0.1) is 23.7 Å². The number of thiocarbonyl (C=S) groups is 1. The van der Waals surface area contributed by atoms with Crippen LogP contribution in [0.5, 0.6) is 0 Å². The molecule has 5 amide bonds. The number of benzene rings is 3. The first-order valence-corrected chi connectivity index (χ1v) is 25.5. The Morgan fingerprint density at radius 2 is 1.67 bits per heavy atom. The zero-order valence-corrected chi connectivity index (χ0v) is 43.8. The highest BCUT2D eigenvalue weighted by atomic mass is 32.1. The van der Waals surface area contributed by atoms with Crippen molar-refractivity contribution in [1.82, 2.24) is 25.4 Å². The van der Waals surface area contributed by atoms with Gasteiger partial charge in [0.05, 0.1) is 45.1 Å². The first-order chi connectivity index (χ1) is 34.4. The molecule has 0 spiro atoms. The monoisotopic (exact) mass is 1040 g/mol. The van der Waals surface area contributed by atoms with Crippen molar-refractivity contribution in [1.29, 1.82) is 5.26 Å². The van der Waals surface area contributed by atoms with Crippen LogP contribution in [0.2, 0.25) is 0 Å². The van der Waals surface area contributed by atoms with Gasteiger partial charge in [-0.15, -0.1) is 11.3 Å². The van der Waals surface area contributed by atoms with Crippen molar-refractivity contribution in [3.8, 4) is 16.5 Å². The Morgan fingerprint density at radius 3 is 2.30 bits per heavy atom. The van der Waals surface area contributed by atoms with E-state index >= 15 is 0 Å². The van der Waals surface area contributed by atoms with Crippen LogP contribution >= 0.6 is 23.6 Å². The van der Waals surface area contributed by atoms with Gasteiger partial charge in [0.25, 0.3) is 5.91 Å². The van der Waals surface area contributed by atoms with Gasteiger partial charge in [-0.25, -0.2) is 4.98 Å². The molecule has 0 aliphatic carbocycles. The molecular weight excluding hydrogens is 982 g/mol. The van der Waals surface area contributed by atoms with Gasteiger partial charge in [0.2, 0.25) is 23.6 Å². The summed E-state index contributed by atoms with van der Waals surface area (Å²) in [6.07, 6.45) is -2.00. The number of rotatable bonds is 20. The molecule has 0 bridgehead atoms. The molecule has 390 valence electrons. The number of halogens is 3. The summed E-state index contributed by atoms with van der Waals surface area (Å²) < 4.78 is 46.9. The lowest BCUT2D eigenvalue weighted by Gasteiger charge is -2.35. The summed E-state index contributed by atoms with van der Waals surface area (Å²) in [5.41, 5.74) is 2.42. The number of hydrogen-bond donors (Lipinski definition) is 3. The van der Waals surface area contributed by atoms with E-state index in [0.717, 1.165) is 57.1 Å². The maximum atomic E-state index is 14.0. The zero-order chi connectivity index (χ0) is 53.4. The first-order valence-electron chi connectivity index (χ1n) is 24.2. The molecule has 2 aliphatic heterocycles. The molecule has 3 atom stereocenters. The Hall–Kier alpha value is -6.27. The second kappa shape index (κ2) is 23.7. The fourth-order valence-electron chi connectivity index (χ4n) is 8.91. The lowest BCUT2D eigenvalue weighted by Crippen LogP contribution is -2.58. The Bertz CT molecular complexity index is 2700. The van der Waals surface area contributed by atoms with Gasteiger partial charge >= 0.3 is 6.18 Å². The standard InChI is InChI=1S/C53H63F3N8O7S2/c1-33-45(73-32-59-33)36-18-14-35(15-19-36)29-58-47(68)42-27-40(65)30-62(42)48(69)46(51(2,3)4)60-43(66)31-71-25-10-8-9-24-61(7)44(67)13-11-12-34-16-21-38(22-17-34)64-50(72)63(49(70)52(64,5)6)39-23-20-37(28-57)41(26-39)53(54,55)56/h14-23,26,32,40,42,46,65H,8-13,24-25,27,29-31H2,1-7H3,(H,58,68)(H,60,66)/t40-,42+,46-/m1/s1. The number of ether oxygens (including phenoxy) is 1. The van der Waals surface area contributed by atoms with Crippen LogP contribution in [0.15, 0.2) is 72.2 Å². The largest absolute Gasteiger partial charge is 0.417 e. The van der Waals surface area contributed by atoms with E-state index in [0.29, 0.717) is 44.5 Å². The minimum atomic E-state index is -4.81. The molecule has 2 fully saturated rings. The third kappa shape index (κ3) is 13.7. The number of unbranched alkanes of at least 4 members (excludes halogenated alkanes) is 2. The van der Waals surface area contributed by atoms with Crippen molar-refractivity contribution < 1.29 is 47.0 Å². The zero-order valence-electron chi connectivity index (χ0n) is 42.2. The molecule has 20 heteroatoms. The quantitative estimate of drug-likeness (QED) is 0.0582. The molecule has 3 N–H and O–H groups in total. The Labute approximate surface area is 433 Å². The summed E-state index contributed by atoms with van der Waals surface area (Å²) in [6, 6.07) is 17.8. The van der Waals surface area contributed by atoms with Gasteiger partial charge in [0, 0.05) is 51.8 Å². The number of hydrogen-bond acceptors (Lipinski definition) is 11. The van der Waals surface area contributed by atoms with Gasteiger partial charge in [-0.3, -0.25) is 28.9 Å². The van der Waals surface area contributed by atoms with E-state index in [-0.39, 0.29) is 42.8 Å². The van der Waals surface area contributed by atoms with E-state index in [1.165, 1.54) is 11.0 Å². The lowest BCUT2D eigenvalue weighted by molar-refractivity contribution is -0.144. The number of aryl methyl sites for hydroxylation is 2. The van der Waals surface area contributed by atoms with Crippen LogP contribution in [-0.4, -0.2) is 112 Å². The number of aliphatic hydroxyl groups excluding tert-OH is 1. The molecule has 3 heterocycles. The average molecular weight is 1050 g/mol. The summed E-state index contributed by atoms with van der Waals surface area (Å²) in [5.74, 6) is -1.86. The van der Waals surface area contributed by atoms with Crippen LogP contribution in [0.4, 0.5) is 24.5 Å². The maximum absolute atomic E-state index is 14.0. The highest BCUT2D eigenvalue weighted by Gasteiger charge is 2.51. The van der Waals surface area contributed by atoms with Crippen LogP contribution < -0.4 is 20.4 Å². The number of aliphatic hydroxyl groups is 1.